The first-order valence-electron chi connectivity index (χ1n) is 5.37. The molecule has 98 valence electrons. The molecule has 4 nitrogen and oxygen atoms in total. The maximum absolute atomic E-state index is 13.6. The van der Waals surface area contributed by atoms with Crippen molar-refractivity contribution in [3.63, 3.8) is 0 Å². The van der Waals surface area contributed by atoms with Crippen LogP contribution in [0.2, 0.25) is 0 Å². The highest BCUT2D eigenvalue weighted by Gasteiger charge is 2.10. The van der Waals surface area contributed by atoms with E-state index >= 15 is 0 Å². The van der Waals surface area contributed by atoms with Gasteiger partial charge in [0.2, 0.25) is 0 Å². The second-order valence-electron chi connectivity index (χ2n) is 3.64. The number of carbonyl (C=O) groups excluding carboxylic acids is 1. The van der Waals surface area contributed by atoms with Gasteiger partial charge in [-0.2, -0.15) is 0 Å². The van der Waals surface area contributed by atoms with E-state index < -0.39 is 11.8 Å². The van der Waals surface area contributed by atoms with Gasteiger partial charge in [0.15, 0.2) is 0 Å². The zero-order valence-corrected chi connectivity index (χ0v) is 11.6. The molecule has 0 saturated heterocycles. The number of para-hydroxylation sites is 1. The predicted octanol–water partition coefficient (Wildman–Crippen LogP) is 3.51. The van der Waals surface area contributed by atoms with Crippen molar-refractivity contribution >= 4 is 33.4 Å². The van der Waals surface area contributed by atoms with Gasteiger partial charge >= 0.3 is 5.97 Å². The number of hydrogen-bond acceptors (Lipinski definition) is 4. The van der Waals surface area contributed by atoms with Gasteiger partial charge in [-0.05, 0) is 40.2 Å². The summed E-state index contributed by atoms with van der Waals surface area (Å²) < 4.78 is 18.8. The molecule has 0 unspecified atom stereocenters. The number of halogens is 2. The first kappa shape index (κ1) is 13.5. The van der Waals surface area contributed by atoms with Crippen LogP contribution in [0, 0.1) is 5.82 Å². The molecule has 2 aromatic rings. The average Bonchev–Trinajstić information content (AvgIpc) is 2.42. The first-order valence-corrected chi connectivity index (χ1v) is 6.16. The summed E-state index contributed by atoms with van der Waals surface area (Å²) in [6.07, 6.45) is 1.45. The minimum absolute atomic E-state index is 0.261. The van der Waals surface area contributed by atoms with Crippen molar-refractivity contribution in [3.8, 4) is 0 Å². The maximum atomic E-state index is 13.6. The molecule has 0 spiro atoms. The molecular formula is C13H10BrFN2O2. The lowest BCUT2D eigenvalue weighted by molar-refractivity contribution is 0.0600. The molecule has 0 fully saturated rings. The van der Waals surface area contributed by atoms with E-state index in [9.17, 15) is 9.18 Å². The van der Waals surface area contributed by atoms with E-state index in [1.807, 2.05) is 0 Å². The average molecular weight is 325 g/mol. The van der Waals surface area contributed by atoms with Crippen molar-refractivity contribution < 1.29 is 13.9 Å². The Morgan fingerprint density at radius 3 is 2.89 bits per heavy atom. The number of anilines is 2. The Balaban J connectivity index is 2.31. The Labute approximate surface area is 117 Å². The fourth-order valence-electron chi connectivity index (χ4n) is 1.49. The molecule has 1 heterocycles. The standard InChI is InChI=1S/C13H10BrFN2O2/c1-19-13(18)8-5-6-16-11(7-8)17-12-9(14)3-2-4-10(12)15/h2-7H,1H3,(H,16,17). The molecule has 1 aromatic carbocycles. The quantitative estimate of drug-likeness (QED) is 0.878. The van der Waals surface area contributed by atoms with E-state index in [-0.39, 0.29) is 5.69 Å². The molecule has 0 aliphatic carbocycles. The number of hydrogen-bond donors (Lipinski definition) is 1. The van der Waals surface area contributed by atoms with Crippen LogP contribution in [0.5, 0.6) is 0 Å². The van der Waals surface area contributed by atoms with Gasteiger partial charge in [0.1, 0.15) is 11.6 Å². The van der Waals surface area contributed by atoms with Crippen molar-refractivity contribution in [2.45, 2.75) is 0 Å². The molecule has 0 aliphatic heterocycles. The SMILES string of the molecule is COC(=O)c1ccnc(Nc2c(F)cccc2Br)c1. The molecule has 0 radical (unpaired) electrons. The zero-order chi connectivity index (χ0) is 13.8. The van der Waals surface area contributed by atoms with E-state index in [0.29, 0.717) is 15.9 Å². The highest BCUT2D eigenvalue weighted by Crippen LogP contribution is 2.27. The topological polar surface area (TPSA) is 51.2 Å². The van der Waals surface area contributed by atoms with Crippen LogP contribution in [0.3, 0.4) is 0 Å². The number of ether oxygens (including phenoxy) is 1. The number of rotatable bonds is 3. The van der Waals surface area contributed by atoms with Crippen LogP contribution >= 0.6 is 15.9 Å². The third-order valence-electron chi connectivity index (χ3n) is 2.40. The summed E-state index contributed by atoms with van der Waals surface area (Å²) >= 11 is 3.24. The molecule has 6 heteroatoms. The minimum atomic E-state index is -0.474. The van der Waals surface area contributed by atoms with Crippen LogP contribution in [-0.2, 0) is 4.74 Å². The zero-order valence-electron chi connectivity index (χ0n) is 9.98. The van der Waals surface area contributed by atoms with E-state index in [1.165, 1.54) is 31.5 Å². The Bertz CT molecular complexity index is 599. The summed E-state index contributed by atoms with van der Waals surface area (Å²) in [6, 6.07) is 7.63. The van der Waals surface area contributed by atoms with Gasteiger partial charge in [-0.25, -0.2) is 14.2 Å². The van der Waals surface area contributed by atoms with Crippen molar-refractivity contribution in [1.29, 1.82) is 0 Å². The minimum Gasteiger partial charge on any atom is -0.465 e. The van der Waals surface area contributed by atoms with Crippen molar-refractivity contribution in [2.24, 2.45) is 0 Å². The van der Waals surface area contributed by atoms with E-state index in [4.69, 9.17) is 0 Å². The number of nitrogens with zero attached hydrogens (tertiary/aromatic N) is 1. The van der Waals surface area contributed by atoms with E-state index in [0.717, 1.165) is 0 Å². The molecule has 0 amide bonds. The highest BCUT2D eigenvalue weighted by atomic mass is 79.9. The second kappa shape index (κ2) is 5.79. The summed E-state index contributed by atoms with van der Waals surface area (Å²) in [7, 11) is 1.29. The van der Waals surface area contributed by atoms with Crippen molar-refractivity contribution in [1.82, 2.24) is 4.98 Å². The number of methoxy groups -OCH3 is 1. The van der Waals surface area contributed by atoms with Gasteiger partial charge in [0.05, 0.1) is 18.4 Å². The van der Waals surface area contributed by atoms with Crippen LogP contribution in [-0.4, -0.2) is 18.1 Å². The van der Waals surface area contributed by atoms with Gasteiger partial charge in [0, 0.05) is 10.7 Å². The number of nitrogens with one attached hydrogen (secondary N) is 1. The molecule has 19 heavy (non-hydrogen) atoms. The molecule has 0 saturated carbocycles. The number of benzene rings is 1. The Morgan fingerprint density at radius 2 is 2.21 bits per heavy atom. The van der Waals surface area contributed by atoms with E-state index in [1.54, 1.807) is 12.1 Å². The lowest BCUT2D eigenvalue weighted by Crippen LogP contribution is -2.03. The number of aromatic nitrogens is 1. The number of esters is 1. The van der Waals surface area contributed by atoms with Gasteiger partial charge in [-0.15, -0.1) is 0 Å². The van der Waals surface area contributed by atoms with Crippen LogP contribution in [0.25, 0.3) is 0 Å². The van der Waals surface area contributed by atoms with Crippen LogP contribution in [0.4, 0.5) is 15.9 Å². The van der Waals surface area contributed by atoms with Gasteiger partial charge in [-0.1, -0.05) is 6.07 Å². The Hall–Kier alpha value is -1.95. The van der Waals surface area contributed by atoms with E-state index in [2.05, 4.69) is 31.0 Å². The normalized spacial score (nSPS) is 10.1. The fraction of sp³-hybridized carbons (Fsp3) is 0.0769. The summed E-state index contributed by atoms with van der Waals surface area (Å²) in [5.41, 5.74) is 0.601. The predicted molar refractivity (Wildman–Crippen MR) is 73.0 cm³/mol. The maximum Gasteiger partial charge on any atom is 0.338 e. The lowest BCUT2D eigenvalue weighted by Gasteiger charge is -2.09. The fourth-order valence-corrected chi connectivity index (χ4v) is 1.93. The van der Waals surface area contributed by atoms with Gasteiger partial charge in [0.25, 0.3) is 0 Å². The molecule has 0 bridgehead atoms. The second-order valence-corrected chi connectivity index (χ2v) is 4.50. The molecular weight excluding hydrogens is 315 g/mol. The summed E-state index contributed by atoms with van der Waals surface area (Å²) in [6.45, 7) is 0. The molecule has 2 rings (SSSR count). The number of pyridine rings is 1. The molecule has 1 aromatic heterocycles. The van der Waals surface area contributed by atoms with Crippen LogP contribution < -0.4 is 5.32 Å². The molecule has 0 atom stereocenters. The monoisotopic (exact) mass is 324 g/mol. The Kier molecular flexibility index (Phi) is 4.11. The summed E-state index contributed by atoms with van der Waals surface area (Å²) in [5.74, 6) is -0.536. The number of carbonyl (C=O) groups is 1. The molecule has 0 aliphatic rings. The highest BCUT2D eigenvalue weighted by molar-refractivity contribution is 9.10. The third-order valence-corrected chi connectivity index (χ3v) is 3.06. The molecule has 1 N–H and O–H groups in total. The van der Waals surface area contributed by atoms with Crippen molar-refractivity contribution in [3.05, 3.63) is 52.4 Å². The summed E-state index contributed by atoms with van der Waals surface area (Å²) in [4.78, 5) is 15.4. The van der Waals surface area contributed by atoms with Gasteiger partial charge < -0.3 is 10.1 Å². The van der Waals surface area contributed by atoms with Gasteiger partial charge in [-0.3, -0.25) is 0 Å². The van der Waals surface area contributed by atoms with Crippen LogP contribution in [0.15, 0.2) is 41.0 Å². The Morgan fingerprint density at radius 1 is 1.42 bits per heavy atom. The summed E-state index contributed by atoms with van der Waals surface area (Å²) in [5, 5.41) is 2.82. The third kappa shape index (κ3) is 3.08. The largest absolute Gasteiger partial charge is 0.465 e. The smallest absolute Gasteiger partial charge is 0.338 e. The van der Waals surface area contributed by atoms with Crippen molar-refractivity contribution in [2.75, 3.05) is 12.4 Å². The first-order chi connectivity index (χ1) is 9.11. The lowest BCUT2D eigenvalue weighted by atomic mass is 10.2. The van der Waals surface area contributed by atoms with Crippen LogP contribution in [0.1, 0.15) is 10.4 Å².